The maximum Gasteiger partial charge on any atom is 0.261 e. The number of aryl methyl sites for hydroxylation is 1. The fraction of sp³-hybridized carbons (Fsp3) is 0.345. The second-order valence-electron chi connectivity index (χ2n) is 9.46. The van der Waals surface area contributed by atoms with Gasteiger partial charge in [-0.1, -0.05) is 0 Å². The van der Waals surface area contributed by atoms with Crippen LogP contribution in [0.25, 0.3) is 11.3 Å². The summed E-state index contributed by atoms with van der Waals surface area (Å²) in [6.45, 7) is 3.81. The quantitative estimate of drug-likeness (QED) is 0.381. The fourth-order valence-electron chi connectivity index (χ4n) is 4.31. The lowest BCUT2D eigenvalue weighted by Crippen LogP contribution is -2.27. The lowest BCUT2D eigenvalue weighted by molar-refractivity contribution is -0.124. The highest BCUT2D eigenvalue weighted by Crippen LogP contribution is 2.35. The van der Waals surface area contributed by atoms with E-state index in [2.05, 4.69) is 10.3 Å². The van der Waals surface area contributed by atoms with E-state index in [9.17, 15) is 19.1 Å². The first-order chi connectivity index (χ1) is 18.1. The van der Waals surface area contributed by atoms with Gasteiger partial charge in [-0.15, -0.1) is 0 Å². The zero-order valence-electron chi connectivity index (χ0n) is 21.8. The monoisotopic (exact) mass is 522 g/mol. The molecule has 1 aliphatic heterocycles. The van der Waals surface area contributed by atoms with Crippen molar-refractivity contribution < 1.29 is 33.3 Å². The number of hydrogen-bond donors (Lipinski definition) is 2. The van der Waals surface area contributed by atoms with Crippen LogP contribution >= 0.6 is 0 Å². The predicted octanol–water partition coefficient (Wildman–Crippen LogP) is 4.35. The van der Waals surface area contributed by atoms with Crippen LogP contribution in [0.15, 0.2) is 48.5 Å². The van der Waals surface area contributed by atoms with Crippen LogP contribution in [0.5, 0.6) is 17.2 Å². The number of nitrogens with one attached hydrogen (secondary N) is 1. The summed E-state index contributed by atoms with van der Waals surface area (Å²) >= 11 is 0. The molecule has 0 radical (unpaired) electrons. The number of carbonyl (C=O) groups is 2. The second kappa shape index (κ2) is 11.2. The predicted molar refractivity (Wildman–Crippen MR) is 139 cm³/mol. The number of Topliss-reactive ketones (excluding diaryl/α,β-unsaturated/α-hetero) is 1. The fourth-order valence-corrected chi connectivity index (χ4v) is 4.31. The third kappa shape index (κ3) is 5.78. The summed E-state index contributed by atoms with van der Waals surface area (Å²) in [5.74, 6) is 0.504. The van der Waals surface area contributed by atoms with E-state index in [1.807, 2.05) is 0 Å². The Hall–Kier alpha value is -3.98. The number of halogens is 1. The number of aliphatic hydroxyl groups is 1. The molecule has 200 valence electrons. The molecule has 2 unspecified atom stereocenters. The lowest BCUT2D eigenvalue weighted by atomic mass is 9.92. The number of nitrogens with zero attached hydrogens (tertiary/aromatic N) is 1. The second-order valence-corrected chi connectivity index (χ2v) is 9.46. The smallest absolute Gasteiger partial charge is 0.261 e. The average Bonchev–Trinajstić information content (AvgIpc) is 3.32. The molecule has 0 spiro atoms. The summed E-state index contributed by atoms with van der Waals surface area (Å²) in [6, 6.07) is 12.8. The van der Waals surface area contributed by atoms with Crippen molar-refractivity contribution in [3.05, 3.63) is 71.2 Å². The zero-order chi connectivity index (χ0) is 27.4. The molecule has 1 amide bonds. The van der Waals surface area contributed by atoms with Gasteiger partial charge < -0.3 is 24.6 Å². The molecule has 1 fully saturated rings. The van der Waals surface area contributed by atoms with E-state index in [0.717, 1.165) is 0 Å². The van der Waals surface area contributed by atoms with E-state index in [-0.39, 0.29) is 30.3 Å². The van der Waals surface area contributed by atoms with Gasteiger partial charge in [-0.25, -0.2) is 9.37 Å². The van der Waals surface area contributed by atoms with Gasteiger partial charge in [0.25, 0.3) is 5.91 Å². The summed E-state index contributed by atoms with van der Waals surface area (Å²) in [4.78, 5) is 29.5. The normalized spacial score (nSPS) is 16.5. The van der Waals surface area contributed by atoms with Crippen LogP contribution < -0.4 is 19.5 Å². The molecule has 2 heterocycles. The minimum absolute atomic E-state index is 0.0418. The Bertz CT molecular complexity index is 1360. The molecule has 1 aromatic heterocycles. The van der Waals surface area contributed by atoms with Crippen LogP contribution in [0, 0.1) is 12.7 Å². The van der Waals surface area contributed by atoms with Crippen LogP contribution in [0.3, 0.4) is 0 Å². The van der Waals surface area contributed by atoms with Gasteiger partial charge in [0, 0.05) is 30.5 Å². The highest BCUT2D eigenvalue weighted by molar-refractivity contribution is 5.96. The van der Waals surface area contributed by atoms with Crippen molar-refractivity contribution in [2.45, 2.75) is 44.8 Å². The molecule has 0 bridgehead atoms. The Kier molecular flexibility index (Phi) is 7.97. The summed E-state index contributed by atoms with van der Waals surface area (Å²) in [6.07, 6.45) is 0.108. The third-order valence-electron chi connectivity index (χ3n) is 6.65. The van der Waals surface area contributed by atoms with Gasteiger partial charge in [0.05, 0.1) is 19.9 Å². The molecule has 9 heteroatoms. The van der Waals surface area contributed by atoms with Gasteiger partial charge in [0.15, 0.2) is 23.4 Å². The molecule has 0 saturated carbocycles. The van der Waals surface area contributed by atoms with Crippen LogP contribution in [-0.4, -0.2) is 48.6 Å². The van der Waals surface area contributed by atoms with E-state index >= 15 is 0 Å². The number of rotatable bonds is 10. The van der Waals surface area contributed by atoms with Crippen LogP contribution in [-0.2, 0) is 10.4 Å². The maximum absolute atomic E-state index is 13.8. The first-order valence-electron chi connectivity index (χ1n) is 12.3. The Labute approximate surface area is 220 Å². The standard InChI is InChI=1S/C29H31FN2O6/c1-17-15-19(5-7-20(17)30)27-23(36-3)9-10-26(32-27)29(2,35)13-11-21(33)18-6-8-22(25(16-18)37-4)38-24-12-14-31-28(24)34/h5-10,15-16,24,35H,11-14H2,1-4H3,(H,31,34). The Morgan fingerprint density at radius 1 is 1.11 bits per heavy atom. The van der Waals surface area contributed by atoms with Crippen molar-refractivity contribution in [1.82, 2.24) is 10.3 Å². The molecular formula is C29H31FN2O6. The first-order valence-corrected chi connectivity index (χ1v) is 12.3. The number of methoxy groups -OCH3 is 2. The number of aromatic nitrogens is 1. The van der Waals surface area contributed by atoms with Crippen molar-refractivity contribution in [3.8, 4) is 28.5 Å². The molecule has 3 aromatic rings. The van der Waals surface area contributed by atoms with Crippen molar-refractivity contribution in [2.24, 2.45) is 0 Å². The number of ketones is 1. The summed E-state index contributed by atoms with van der Waals surface area (Å²) in [5, 5.41) is 14.0. The van der Waals surface area contributed by atoms with Crippen molar-refractivity contribution in [1.29, 1.82) is 0 Å². The number of amides is 1. The topological polar surface area (TPSA) is 107 Å². The van der Waals surface area contributed by atoms with Crippen molar-refractivity contribution >= 4 is 11.7 Å². The third-order valence-corrected chi connectivity index (χ3v) is 6.65. The molecule has 1 saturated heterocycles. The van der Waals surface area contributed by atoms with Crippen molar-refractivity contribution in [2.75, 3.05) is 20.8 Å². The lowest BCUT2D eigenvalue weighted by Gasteiger charge is -2.24. The van der Waals surface area contributed by atoms with Gasteiger partial charge >= 0.3 is 0 Å². The van der Waals surface area contributed by atoms with Crippen LogP contribution in [0.4, 0.5) is 4.39 Å². The van der Waals surface area contributed by atoms with Gasteiger partial charge in [0.1, 0.15) is 22.9 Å². The van der Waals surface area contributed by atoms with E-state index < -0.39 is 11.7 Å². The minimum atomic E-state index is -1.42. The zero-order valence-corrected chi connectivity index (χ0v) is 21.8. The number of benzene rings is 2. The molecule has 0 aliphatic carbocycles. The molecule has 1 aliphatic rings. The largest absolute Gasteiger partial charge is 0.494 e. The minimum Gasteiger partial charge on any atom is -0.494 e. The van der Waals surface area contributed by atoms with Crippen LogP contribution in [0.2, 0.25) is 0 Å². The SMILES string of the molecule is COc1cc(C(=O)CCC(C)(O)c2ccc(OC)c(-c3ccc(F)c(C)c3)n2)ccc1OC1CCNC1=O. The summed E-state index contributed by atoms with van der Waals surface area (Å²) < 4.78 is 30.4. The van der Waals surface area contributed by atoms with Gasteiger partial charge in [-0.3, -0.25) is 9.59 Å². The van der Waals surface area contributed by atoms with E-state index in [1.165, 1.54) is 20.3 Å². The first kappa shape index (κ1) is 27.1. The molecule has 38 heavy (non-hydrogen) atoms. The van der Waals surface area contributed by atoms with Gasteiger partial charge in [-0.05, 0) is 74.4 Å². The Morgan fingerprint density at radius 2 is 1.84 bits per heavy atom. The molecule has 4 rings (SSSR count). The van der Waals surface area contributed by atoms with E-state index in [1.54, 1.807) is 56.3 Å². The summed E-state index contributed by atoms with van der Waals surface area (Å²) in [7, 11) is 2.98. The Morgan fingerprint density at radius 3 is 2.50 bits per heavy atom. The Balaban J connectivity index is 1.50. The average molecular weight is 523 g/mol. The molecule has 2 N–H and O–H groups in total. The summed E-state index contributed by atoms with van der Waals surface area (Å²) in [5.41, 5.74) is 0.919. The van der Waals surface area contributed by atoms with Gasteiger partial charge in [-0.2, -0.15) is 0 Å². The number of hydrogen-bond acceptors (Lipinski definition) is 7. The highest BCUT2D eigenvalue weighted by Gasteiger charge is 2.29. The van der Waals surface area contributed by atoms with E-state index in [0.29, 0.717) is 58.3 Å². The maximum atomic E-state index is 13.8. The highest BCUT2D eigenvalue weighted by atomic mass is 19.1. The molecule has 8 nitrogen and oxygen atoms in total. The number of carbonyl (C=O) groups excluding carboxylic acids is 2. The number of ether oxygens (including phenoxy) is 3. The number of pyridine rings is 1. The van der Waals surface area contributed by atoms with Crippen LogP contribution in [0.1, 0.15) is 47.8 Å². The molecular weight excluding hydrogens is 491 g/mol. The van der Waals surface area contributed by atoms with E-state index in [4.69, 9.17) is 14.2 Å². The molecule has 2 atom stereocenters. The van der Waals surface area contributed by atoms with Crippen molar-refractivity contribution in [3.63, 3.8) is 0 Å². The van der Waals surface area contributed by atoms with Gasteiger partial charge in [0.2, 0.25) is 0 Å². The molecule has 2 aromatic carbocycles.